The number of hydrogen-bond acceptors (Lipinski definition) is 5. The highest BCUT2D eigenvalue weighted by atomic mass is 127. The van der Waals surface area contributed by atoms with E-state index >= 15 is 0 Å². The van der Waals surface area contributed by atoms with Gasteiger partial charge in [0.05, 0.1) is 19.8 Å². The van der Waals surface area contributed by atoms with Gasteiger partial charge in [0, 0.05) is 44.0 Å². The van der Waals surface area contributed by atoms with Crippen LogP contribution in [0.2, 0.25) is 0 Å². The van der Waals surface area contributed by atoms with Crippen molar-refractivity contribution in [3.8, 4) is 5.88 Å². The molecule has 0 unspecified atom stereocenters. The number of halogens is 1. The number of pyridine rings is 1. The van der Waals surface area contributed by atoms with Crippen LogP contribution in [0.25, 0.3) is 0 Å². The van der Waals surface area contributed by atoms with Crippen LogP contribution in [0.15, 0.2) is 23.3 Å². The molecule has 3 rings (SSSR count). The van der Waals surface area contributed by atoms with E-state index in [0.717, 1.165) is 69.6 Å². The van der Waals surface area contributed by atoms with Gasteiger partial charge in [-0.1, -0.05) is 0 Å². The number of nitrogens with zero attached hydrogens (tertiary/aromatic N) is 3. The zero-order valence-corrected chi connectivity index (χ0v) is 21.0. The Morgan fingerprint density at radius 3 is 2.70 bits per heavy atom. The van der Waals surface area contributed by atoms with Crippen molar-refractivity contribution in [3.63, 3.8) is 0 Å². The third-order valence-electron chi connectivity index (χ3n) is 5.71. The topological polar surface area (TPSA) is 71.0 Å². The summed E-state index contributed by atoms with van der Waals surface area (Å²) in [5.41, 5.74) is 1.15. The van der Waals surface area contributed by atoms with Crippen molar-refractivity contribution in [1.29, 1.82) is 0 Å². The molecule has 1 saturated heterocycles. The zero-order valence-electron chi connectivity index (χ0n) is 18.7. The SMILES string of the molecule is CCNC(=NCc1ccnc(OC2CCCC2)c1)NCC(C)(C)N1CCOCC1.I. The Bertz CT molecular complexity index is 659. The van der Waals surface area contributed by atoms with Gasteiger partial charge < -0.3 is 20.1 Å². The third kappa shape index (κ3) is 7.85. The summed E-state index contributed by atoms with van der Waals surface area (Å²) >= 11 is 0. The second-order valence-corrected chi connectivity index (χ2v) is 8.49. The highest BCUT2D eigenvalue weighted by Crippen LogP contribution is 2.23. The molecule has 8 heteroatoms. The molecule has 7 nitrogen and oxygen atoms in total. The Morgan fingerprint density at radius 2 is 2.00 bits per heavy atom. The molecule has 1 aromatic heterocycles. The Labute approximate surface area is 198 Å². The van der Waals surface area contributed by atoms with E-state index < -0.39 is 0 Å². The molecule has 0 spiro atoms. The average Bonchev–Trinajstić information content (AvgIpc) is 3.24. The lowest BCUT2D eigenvalue weighted by Crippen LogP contribution is -2.56. The van der Waals surface area contributed by atoms with Crippen molar-refractivity contribution in [2.45, 2.75) is 64.6 Å². The largest absolute Gasteiger partial charge is 0.474 e. The van der Waals surface area contributed by atoms with Crippen LogP contribution in [-0.2, 0) is 11.3 Å². The molecule has 0 amide bonds. The number of aliphatic imine (C=N–C) groups is 1. The molecule has 30 heavy (non-hydrogen) atoms. The van der Waals surface area contributed by atoms with Crippen molar-refractivity contribution in [2.24, 2.45) is 4.99 Å². The van der Waals surface area contributed by atoms with Crippen LogP contribution < -0.4 is 15.4 Å². The van der Waals surface area contributed by atoms with Gasteiger partial charge in [-0.3, -0.25) is 4.90 Å². The number of guanidine groups is 1. The summed E-state index contributed by atoms with van der Waals surface area (Å²) in [6.07, 6.45) is 6.93. The Kier molecular flexibility index (Phi) is 10.6. The molecular formula is C22H38IN5O2. The predicted octanol–water partition coefficient (Wildman–Crippen LogP) is 3.19. The number of morpholine rings is 1. The fraction of sp³-hybridized carbons (Fsp3) is 0.727. The maximum Gasteiger partial charge on any atom is 0.213 e. The Morgan fingerprint density at radius 1 is 1.27 bits per heavy atom. The van der Waals surface area contributed by atoms with Gasteiger partial charge in [0.1, 0.15) is 6.10 Å². The predicted molar refractivity (Wildman–Crippen MR) is 132 cm³/mol. The zero-order chi connectivity index (χ0) is 20.5. The molecule has 1 aliphatic carbocycles. The van der Waals surface area contributed by atoms with Crippen LogP contribution in [-0.4, -0.2) is 66.9 Å². The Balaban J connectivity index is 0.00000320. The van der Waals surface area contributed by atoms with Crippen LogP contribution in [0.4, 0.5) is 0 Å². The molecule has 0 aromatic carbocycles. The van der Waals surface area contributed by atoms with E-state index in [1.807, 2.05) is 18.3 Å². The molecule has 0 atom stereocenters. The summed E-state index contributed by atoms with van der Waals surface area (Å²) in [6, 6.07) is 4.02. The number of rotatable bonds is 8. The van der Waals surface area contributed by atoms with E-state index in [1.165, 1.54) is 12.8 Å². The first-order chi connectivity index (χ1) is 14.1. The molecule has 2 N–H and O–H groups in total. The molecule has 170 valence electrons. The van der Waals surface area contributed by atoms with Crippen LogP contribution in [0, 0.1) is 0 Å². The monoisotopic (exact) mass is 531 g/mol. The van der Waals surface area contributed by atoms with Gasteiger partial charge >= 0.3 is 0 Å². The minimum absolute atomic E-state index is 0. The van der Waals surface area contributed by atoms with Gasteiger partial charge in [-0.25, -0.2) is 9.98 Å². The van der Waals surface area contributed by atoms with Gasteiger partial charge in [-0.05, 0) is 58.1 Å². The van der Waals surface area contributed by atoms with Gasteiger partial charge in [0.15, 0.2) is 5.96 Å². The molecule has 2 fully saturated rings. The number of aromatic nitrogens is 1. The van der Waals surface area contributed by atoms with Crippen LogP contribution >= 0.6 is 24.0 Å². The third-order valence-corrected chi connectivity index (χ3v) is 5.71. The molecule has 0 bridgehead atoms. The minimum Gasteiger partial charge on any atom is -0.474 e. The molecule has 0 radical (unpaired) electrons. The van der Waals surface area contributed by atoms with Crippen molar-refractivity contribution < 1.29 is 9.47 Å². The summed E-state index contributed by atoms with van der Waals surface area (Å²) in [4.78, 5) is 11.6. The molecule has 1 aromatic rings. The maximum atomic E-state index is 6.02. The molecule has 1 aliphatic heterocycles. The molecule has 2 heterocycles. The van der Waals surface area contributed by atoms with Crippen molar-refractivity contribution in [2.75, 3.05) is 39.4 Å². The summed E-state index contributed by atoms with van der Waals surface area (Å²) in [5, 5.41) is 6.86. The molecular weight excluding hydrogens is 493 g/mol. The van der Waals surface area contributed by atoms with Crippen LogP contribution in [0.5, 0.6) is 5.88 Å². The normalized spacial score (nSPS) is 18.7. The van der Waals surface area contributed by atoms with Crippen molar-refractivity contribution in [3.05, 3.63) is 23.9 Å². The van der Waals surface area contributed by atoms with E-state index in [-0.39, 0.29) is 29.5 Å². The van der Waals surface area contributed by atoms with Crippen molar-refractivity contribution >= 4 is 29.9 Å². The van der Waals surface area contributed by atoms with Gasteiger partial charge in [-0.2, -0.15) is 0 Å². The average molecular weight is 531 g/mol. The lowest BCUT2D eigenvalue weighted by Gasteiger charge is -2.41. The van der Waals surface area contributed by atoms with E-state index in [0.29, 0.717) is 12.6 Å². The quantitative estimate of drug-likeness (QED) is 0.305. The van der Waals surface area contributed by atoms with Crippen LogP contribution in [0.1, 0.15) is 52.0 Å². The van der Waals surface area contributed by atoms with Gasteiger partial charge in [0.25, 0.3) is 0 Å². The molecule has 2 aliphatic rings. The van der Waals surface area contributed by atoms with E-state index in [4.69, 9.17) is 14.5 Å². The van der Waals surface area contributed by atoms with E-state index in [2.05, 4.69) is 41.3 Å². The highest BCUT2D eigenvalue weighted by molar-refractivity contribution is 14.0. The smallest absolute Gasteiger partial charge is 0.213 e. The summed E-state index contributed by atoms with van der Waals surface area (Å²) in [5.74, 6) is 1.56. The minimum atomic E-state index is 0. The number of nitrogens with one attached hydrogen (secondary N) is 2. The second kappa shape index (κ2) is 12.7. The van der Waals surface area contributed by atoms with E-state index in [9.17, 15) is 0 Å². The highest BCUT2D eigenvalue weighted by Gasteiger charge is 2.28. The lowest BCUT2D eigenvalue weighted by molar-refractivity contribution is -0.00834. The summed E-state index contributed by atoms with van der Waals surface area (Å²) in [7, 11) is 0. The van der Waals surface area contributed by atoms with Crippen molar-refractivity contribution in [1.82, 2.24) is 20.5 Å². The number of hydrogen-bond donors (Lipinski definition) is 2. The Hall–Kier alpha value is -1.13. The fourth-order valence-electron chi connectivity index (χ4n) is 3.88. The first-order valence-electron chi connectivity index (χ1n) is 11.0. The molecule has 1 saturated carbocycles. The fourth-order valence-corrected chi connectivity index (χ4v) is 3.88. The summed E-state index contributed by atoms with van der Waals surface area (Å²) in [6.45, 7) is 12.4. The summed E-state index contributed by atoms with van der Waals surface area (Å²) < 4.78 is 11.5. The standard InChI is InChI=1S/C22H37N5O2.HI/c1-4-23-21(26-17-22(2,3)27-11-13-28-14-12-27)25-16-18-9-10-24-20(15-18)29-19-7-5-6-8-19;/h9-10,15,19H,4-8,11-14,16-17H2,1-3H3,(H2,23,25,26);1H. The van der Waals surface area contributed by atoms with E-state index in [1.54, 1.807) is 0 Å². The first-order valence-corrected chi connectivity index (χ1v) is 11.0. The second-order valence-electron chi connectivity index (χ2n) is 8.49. The lowest BCUT2D eigenvalue weighted by atomic mass is 10.0. The number of ether oxygens (including phenoxy) is 2. The van der Waals surface area contributed by atoms with Gasteiger partial charge in [0.2, 0.25) is 5.88 Å². The van der Waals surface area contributed by atoms with Crippen LogP contribution in [0.3, 0.4) is 0 Å². The first kappa shape index (κ1) is 25.1. The maximum absolute atomic E-state index is 6.02. The van der Waals surface area contributed by atoms with Gasteiger partial charge in [-0.15, -0.1) is 24.0 Å².